The molecule has 3 aromatic rings. The van der Waals surface area contributed by atoms with Crippen molar-refractivity contribution >= 4 is 17.5 Å². The Labute approximate surface area is 143 Å². The Morgan fingerprint density at radius 2 is 1.71 bits per heavy atom. The van der Waals surface area contributed by atoms with Gasteiger partial charge in [-0.05, 0) is 37.1 Å². The van der Waals surface area contributed by atoms with Crippen molar-refractivity contribution < 1.29 is 0 Å². The Balaban J connectivity index is 1.80. The molecule has 4 nitrogen and oxygen atoms in total. The van der Waals surface area contributed by atoms with Gasteiger partial charge in [0.15, 0.2) is 0 Å². The van der Waals surface area contributed by atoms with Crippen LogP contribution < -0.4 is 10.2 Å². The number of aromatic nitrogens is 2. The lowest BCUT2D eigenvalue weighted by Crippen LogP contribution is -2.19. The van der Waals surface area contributed by atoms with Crippen LogP contribution in [0.5, 0.6) is 0 Å². The van der Waals surface area contributed by atoms with E-state index < -0.39 is 0 Å². The zero-order valence-electron chi connectivity index (χ0n) is 14.3. The summed E-state index contributed by atoms with van der Waals surface area (Å²) in [4.78, 5) is 11.3. The van der Waals surface area contributed by atoms with Gasteiger partial charge < -0.3 is 10.2 Å². The van der Waals surface area contributed by atoms with E-state index in [1.54, 1.807) is 0 Å². The first-order valence-electron chi connectivity index (χ1n) is 8.04. The molecule has 0 saturated heterocycles. The monoisotopic (exact) mass is 318 g/mol. The predicted molar refractivity (Wildman–Crippen MR) is 99.8 cm³/mol. The fraction of sp³-hybridized carbons (Fsp3) is 0.200. The first-order valence-corrected chi connectivity index (χ1v) is 8.04. The molecule has 1 N–H and O–H groups in total. The highest BCUT2D eigenvalue weighted by molar-refractivity contribution is 5.58. The lowest BCUT2D eigenvalue weighted by atomic mass is 10.2. The zero-order chi connectivity index (χ0) is 16.9. The highest BCUT2D eigenvalue weighted by atomic mass is 15.2. The highest BCUT2D eigenvalue weighted by Gasteiger charge is 2.08. The third kappa shape index (κ3) is 4.10. The van der Waals surface area contributed by atoms with E-state index in [2.05, 4.69) is 51.4 Å². The van der Waals surface area contributed by atoms with Gasteiger partial charge in [-0.2, -0.15) is 4.98 Å². The quantitative estimate of drug-likeness (QED) is 0.753. The van der Waals surface area contributed by atoms with Gasteiger partial charge in [0.1, 0.15) is 5.82 Å². The van der Waals surface area contributed by atoms with Crippen molar-refractivity contribution in [1.82, 2.24) is 9.97 Å². The molecule has 0 amide bonds. The number of hydrogen-bond donors (Lipinski definition) is 1. The van der Waals surface area contributed by atoms with E-state index in [9.17, 15) is 0 Å². The molecule has 122 valence electrons. The van der Waals surface area contributed by atoms with Gasteiger partial charge in [-0.1, -0.05) is 42.5 Å². The second kappa shape index (κ2) is 7.13. The van der Waals surface area contributed by atoms with Crippen molar-refractivity contribution in [1.29, 1.82) is 0 Å². The van der Waals surface area contributed by atoms with Crippen LogP contribution in [-0.2, 0) is 6.54 Å². The number of benzene rings is 2. The fourth-order valence-corrected chi connectivity index (χ4v) is 2.59. The number of aryl methyl sites for hydroxylation is 2. The van der Waals surface area contributed by atoms with E-state index in [1.807, 2.05) is 50.4 Å². The SMILES string of the molecule is Cc1cccc(Nc2cc(C)nc(N(C)Cc3ccccc3)n2)c1. The lowest BCUT2D eigenvalue weighted by Gasteiger charge is -2.18. The van der Waals surface area contributed by atoms with Gasteiger partial charge >= 0.3 is 0 Å². The largest absolute Gasteiger partial charge is 0.340 e. The molecule has 1 heterocycles. The van der Waals surface area contributed by atoms with Crippen LogP contribution in [0, 0.1) is 13.8 Å². The summed E-state index contributed by atoms with van der Waals surface area (Å²) in [5.41, 5.74) is 4.42. The maximum Gasteiger partial charge on any atom is 0.227 e. The summed E-state index contributed by atoms with van der Waals surface area (Å²) in [5.74, 6) is 1.53. The number of nitrogens with one attached hydrogen (secondary N) is 1. The molecule has 0 spiro atoms. The van der Waals surface area contributed by atoms with E-state index in [-0.39, 0.29) is 0 Å². The maximum absolute atomic E-state index is 4.66. The van der Waals surface area contributed by atoms with Crippen LogP contribution in [0.25, 0.3) is 0 Å². The molecular weight excluding hydrogens is 296 g/mol. The lowest BCUT2D eigenvalue weighted by molar-refractivity contribution is 0.861. The van der Waals surface area contributed by atoms with E-state index in [0.29, 0.717) is 5.95 Å². The molecule has 0 radical (unpaired) electrons. The van der Waals surface area contributed by atoms with Crippen LogP contribution in [0.3, 0.4) is 0 Å². The van der Waals surface area contributed by atoms with Crippen molar-refractivity contribution in [2.45, 2.75) is 20.4 Å². The summed E-state index contributed by atoms with van der Waals surface area (Å²) in [5, 5.41) is 3.37. The van der Waals surface area contributed by atoms with Gasteiger partial charge in [0.2, 0.25) is 5.95 Å². The molecule has 0 fully saturated rings. The van der Waals surface area contributed by atoms with E-state index >= 15 is 0 Å². The average molecular weight is 318 g/mol. The first kappa shape index (κ1) is 16.0. The summed E-state index contributed by atoms with van der Waals surface area (Å²) < 4.78 is 0. The van der Waals surface area contributed by atoms with Crippen LogP contribution in [0.4, 0.5) is 17.5 Å². The van der Waals surface area contributed by atoms with Crippen LogP contribution in [0.15, 0.2) is 60.7 Å². The Kier molecular flexibility index (Phi) is 4.75. The summed E-state index contributed by atoms with van der Waals surface area (Å²) in [6.07, 6.45) is 0. The molecule has 0 saturated carbocycles. The molecule has 2 aromatic carbocycles. The number of nitrogens with zero attached hydrogens (tertiary/aromatic N) is 3. The van der Waals surface area contributed by atoms with E-state index in [1.165, 1.54) is 11.1 Å². The van der Waals surface area contributed by atoms with Gasteiger partial charge in [0.25, 0.3) is 0 Å². The van der Waals surface area contributed by atoms with E-state index in [4.69, 9.17) is 0 Å². The third-order valence-corrected chi connectivity index (χ3v) is 3.74. The van der Waals surface area contributed by atoms with Crippen LogP contribution in [0.2, 0.25) is 0 Å². The molecule has 0 aliphatic carbocycles. The molecule has 1 aromatic heterocycles. The van der Waals surface area contributed by atoms with Gasteiger partial charge in [-0.15, -0.1) is 0 Å². The summed E-state index contributed by atoms with van der Waals surface area (Å²) >= 11 is 0. The van der Waals surface area contributed by atoms with Crippen LogP contribution in [0.1, 0.15) is 16.8 Å². The average Bonchev–Trinajstić information content (AvgIpc) is 2.55. The molecule has 0 atom stereocenters. The van der Waals surface area contributed by atoms with Gasteiger partial charge in [0, 0.05) is 31.0 Å². The molecular formula is C20H22N4. The normalized spacial score (nSPS) is 10.5. The van der Waals surface area contributed by atoms with E-state index in [0.717, 1.165) is 23.7 Å². The molecule has 0 unspecified atom stereocenters. The van der Waals surface area contributed by atoms with Crippen molar-refractivity contribution in [2.75, 3.05) is 17.3 Å². The summed E-state index contributed by atoms with van der Waals surface area (Å²) in [6, 6.07) is 20.6. The number of rotatable bonds is 5. The minimum Gasteiger partial charge on any atom is -0.340 e. The number of anilines is 3. The van der Waals surface area contributed by atoms with Crippen molar-refractivity contribution in [2.24, 2.45) is 0 Å². The topological polar surface area (TPSA) is 41.1 Å². The fourth-order valence-electron chi connectivity index (χ4n) is 2.59. The summed E-state index contributed by atoms with van der Waals surface area (Å²) in [7, 11) is 2.01. The van der Waals surface area contributed by atoms with Crippen LogP contribution >= 0.6 is 0 Å². The first-order chi connectivity index (χ1) is 11.6. The molecule has 0 aliphatic rings. The van der Waals surface area contributed by atoms with Gasteiger partial charge in [-0.25, -0.2) is 4.98 Å². The van der Waals surface area contributed by atoms with Gasteiger partial charge in [-0.3, -0.25) is 0 Å². The zero-order valence-corrected chi connectivity index (χ0v) is 14.3. The molecule has 0 bridgehead atoms. The standard InChI is InChI=1S/C20H22N4/c1-15-8-7-11-18(12-15)22-19-13-16(2)21-20(23-19)24(3)14-17-9-5-4-6-10-17/h4-13H,14H2,1-3H3,(H,21,22,23). The molecule has 3 rings (SSSR count). The Hall–Kier alpha value is -2.88. The molecule has 0 aliphatic heterocycles. The Morgan fingerprint density at radius 3 is 2.46 bits per heavy atom. The Morgan fingerprint density at radius 1 is 0.917 bits per heavy atom. The minimum atomic E-state index is 0.717. The summed E-state index contributed by atoms with van der Waals surface area (Å²) in [6.45, 7) is 4.84. The second-order valence-electron chi connectivity index (χ2n) is 6.03. The van der Waals surface area contributed by atoms with Crippen molar-refractivity contribution in [3.8, 4) is 0 Å². The van der Waals surface area contributed by atoms with Crippen molar-refractivity contribution in [3.05, 3.63) is 77.5 Å². The predicted octanol–water partition coefficient (Wildman–Crippen LogP) is 4.47. The number of hydrogen-bond acceptors (Lipinski definition) is 4. The smallest absolute Gasteiger partial charge is 0.227 e. The van der Waals surface area contributed by atoms with Crippen LogP contribution in [-0.4, -0.2) is 17.0 Å². The van der Waals surface area contributed by atoms with Gasteiger partial charge in [0.05, 0.1) is 0 Å². The maximum atomic E-state index is 4.66. The molecule has 24 heavy (non-hydrogen) atoms. The third-order valence-electron chi connectivity index (χ3n) is 3.74. The minimum absolute atomic E-state index is 0.717. The Bertz CT molecular complexity index is 815. The molecule has 4 heteroatoms. The highest BCUT2D eigenvalue weighted by Crippen LogP contribution is 2.19. The second-order valence-corrected chi connectivity index (χ2v) is 6.03. The van der Waals surface area contributed by atoms with Crippen molar-refractivity contribution in [3.63, 3.8) is 0 Å².